The number of rotatable bonds is 5. The van der Waals surface area contributed by atoms with Crippen LogP contribution in [-0.4, -0.2) is 4.57 Å². The van der Waals surface area contributed by atoms with Crippen molar-refractivity contribution in [2.75, 3.05) is 0 Å². The first-order chi connectivity index (χ1) is 9.99. The molecule has 3 heteroatoms. The molecule has 0 amide bonds. The van der Waals surface area contributed by atoms with E-state index in [1.165, 1.54) is 5.56 Å². The lowest BCUT2D eigenvalue weighted by atomic mass is 10.00. The fraction of sp³-hybridized carbons (Fsp3) is 0.389. The van der Waals surface area contributed by atoms with Crippen molar-refractivity contribution in [1.82, 2.24) is 4.57 Å². The molecule has 0 fully saturated rings. The van der Waals surface area contributed by atoms with Crippen molar-refractivity contribution >= 4 is 0 Å². The first kappa shape index (κ1) is 15.5. The Kier molecular flexibility index (Phi) is 4.97. The third-order valence-corrected chi connectivity index (χ3v) is 3.77. The number of hydrogen-bond acceptors (Lipinski definition) is 2. The minimum atomic E-state index is -0.371. The zero-order chi connectivity index (χ0) is 15.4. The second kappa shape index (κ2) is 6.72. The van der Waals surface area contributed by atoms with E-state index < -0.39 is 0 Å². The third kappa shape index (κ3) is 3.82. The zero-order valence-electron chi connectivity index (χ0n) is 13.0. The largest absolute Gasteiger partial charge is 0.320 e. The summed E-state index contributed by atoms with van der Waals surface area (Å²) in [6.45, 7) is 7.10. The molecule has 2 aromatic rings. The highest BCUT2D eigenvalue weighted by atomic mass is 16.1. The predicted molar refractivity (Wildman–Crippen MR) is 87.4 cm³/mol. The van der Waals surface area contributed by atoms with Crippen LogP contribution in [0.2, 0.25) is 0 Å². The molecule has 3 nitrogen and oxygen atoms in total. The van der Waals surface area contributed by atoms with Crippen LogP contribution in [0.3, 0.4) is 0 Å². The molecule has 0 aliphatic rings. The maximum absolute atomic E-state index is 12.5. The summed E-state index contributed by atoms with van der Waals surface area (Å²) in [5, 5.41) is 0. The molecule has 0 aliphatic carbocycles. The first-order valence-electron chi connectivity index (χ1n) is 7.50. The number of nitrogens with zero attached hydrogens (tertiary/aromatic N) is 1. The van der Waals surface area contributed by atoms with E-state index in [9.17, 15) is 4.79 Å². The molecule has 0 spiro atoms. The summed E-state index contributed by atoms with van der Waals surface area (Å²) < 4.78 is 1.77. The lowest BCUT2D eigenvalue weighted by molar-refractivity contribution is 0.505. The Hall–Kier alpha value is -1.87. The summed E-state index contributed by atoms with van der Waals surface area (Å²) >= 11 is 0. The molecule has 0 bridgehead atoms. The molecule has 1 atom stereocenters. The molecule has 0 radical (unpaired) electrons. The molecule has 112 valence electrons. The van der Waals surface area contributed by atoms with Gasteiger partial charge in [-0.1, -0.05) is 49.7 Å². The number of nitrogens with two attached hydrogens (primary N) is 1. The van der Waals surface area contributed by atoms with Crippen LogP contribution in [0.15, 0.2) is 47.4 Å². The second-order valence-corrected chi connectivity index (χ2v) is 6.03. The van der Waals surface area contributed by atoms with E-state index in [0.717, 1.165) is 18.5 Å². The summed E-state index contributed by atoms with van der Waals surface area (Å²) in [6, 6.07) is 11.4. The number of hydrogen-bond donors (Lipinski definition) is 1. The average molecular weight is 284 g/mol. The zero-order valence-corrected chi connectivity index (χ0v) is 13.0. The van der Waals surface area contributed by atoms with Crippen LogP contribution >= 0.6 is 0 Å². The van der Waals surface area contributed by atoms with Crippen LogP contribution in [0.1, 0.15) is 43.0 Å². The molecular weight excluding hydrogens is 260 g/mol. The number of aryl methyl sites for hydroxylation is 2. The van der Waals surface area contributed by atoms with Crippen LogP contribution in [0.4, 0.5) is 0 Å². The van der Waals surface area contributed by atoms with Crippen molar-refractivity contribution in [3.05, 3.63) is 69.6 Å². The van der Waals surface area contributed by atoms with Crippen molar-refractivity contribution in [3.8, 4) is 0 Å². The van der Waals surface area contributed by atoms with Gasteiger partial charge in [0.2, 0.25) is 0 Å². The Labute approximate surface area is 126 Å². The van der Waals surface area contributed by atoms with Gasteiger partial charge in [0, 0.05) is 18.3 Å². The van der Waals surface area contributed by atoms with Gasteiger partial charge >= 0.3 is 0 Å². The molecule has 2 rings (SSSR count). The summed E-state index contributed by atoms with van der Waals surface area (Å²) in [5.41, 5.74) is 9.12. The van der Waals surface area contributed by atoms with Crippen LogP contribution < -0.4 is 11.3 Å². The highest BCUT2D eigenvalue weighted by Crippen LogP contribution is 2.17. The molecule has 1 heterocycles. The van der Waals surface area contributed by atoms with Crippen molar-refractivity contribution in [2.24, 2.45) is 11.7 Å². The van der Waals surface area contributed by atoms with Crippen LogP contribution in [0.25, 0.3) is 0 Å². The van der Waals surface area contributed by atoms with Gasteiger partial charge in [0.15, 0.2) is 0 Å². The topological polar surface area (TPSA) is 48.0 Å². The molecule has 2 N–H and O–H groups in total. The molecule has 21 heavy (non-hydrogen) atoms. The standard InChI is InChI=1S/C18H24N2O/c1-13(2)10-12-20-11-4-5-16(18(20)21)17(19)15-8-6-14(3)7-9-15/h4-9,11,13,17H,10,12,19H2,1-3H3. The molecule has 0 aliphatic heterocycles. The molecule has 1 aromatic heterocycles. The first-order valence-corrected chi connectivity index (χ1v) is 7.50. The van der Waals surface area contributed by atoms with E-state index in [1.807, 2.05) is 49.5 Å². The maximum atomic E-state index is 12.5. The van der Waals surface area contributed by atoms with Gasteiger partial charge in [0.1, 0.15) is 0 Å². The lowest BCUT2D eigenvalue weighted by Crippen LogP contribution is -2.28. The van der Waals surface area contributed by atoms with Crippen LogP contribution in [0.5, 0.6) is 0 Å². The van der Waals surface area contributed by atoms with Crippen LogP contribution in [-0.2, 0) is 6.54 Å². The van der Waals surface area contributed by atoms with Gasteiger partial charge in [0.05, 0.1) is 6.04 Å². The number of aromatic nitrogens is 1. The SMILES string of the molecule is Cc1ccc(C(N)c2cccn(CCC(C)C)c2=O)cc1. The Bertz CT molecular complexity index is 641. The van der Waals surface area contributed by atoms with Gasteiger partial charge < -0.3 is 10.3 Å². The monoisotopic (exact) mass is 284 g/mol. The predicted octanol–water partition coefficient (Wildman–Crippen LogP) is 3.25. The fourth-order valence-corrected chi connectivity index (χ4v) is 2.32. The van der Waals surface area contributed by atoms with E-state index in [-0.39, 0.29) is 11.6 Å². The minimum Gasteiger partial charge on any atom is -0.320 e. The highest BCUT2D eigenvalue weighted by molar-refractivity contribution is 5.31. The summed E-state index contributed by atoms with van der Waals surface area (Å²) in [6.07, 6.45) is 2.83. The third-order valence-electron chi connectivity index (χ3n) is 3.77. The van der Waals surface area contributed by atoms with Crippen molar-refractivity contribution in [3.63, 3.8) is 0 Å². The summed E-state index contributed by atoms with van der Waals surface area (Å²) in [7, 11) is 0. The summed E-state index contributed by atoms with van der Waals surface area (Å²) in [4.78, 5) is 12.5. The highest BCUT2D eigenvalue weighted by Gasteiger charge is 2.13. The smallest absolute Gasteiger partial charge is 0.255 e. The van der Waals surface area contributed by atoms with Gasteiger partial charge in [-0.3, -0.25) is 4.79 Å². The van der Waals surface area contributed by atoms with E-state index in [1.54, 1.807) is 4.57 Å². The van der Waals surface area contributed by atoms with E-state index in [4.69, 9.17) is 5.73 Å². The molecular formula is C18H24N2O. The Balaban J connectivity index is 2.29. The molecule has 1 unspecified atom stereocenters. The normalized spacial score (nSPS) is 12.6. The maximum Gasteiger partial charge on any atom is 0.255 e. The lowest BCUT2D eigenvalue weighted by Gasteiger charge is -2.15. The van der Waals surface area contributed by atoms with Crippen LogP contribution in [0, 0.1) is 12.8 Å². The number of pyridine rings is 1. The van der Waals surface area contributed by atoms with Crippen molar-refractivity contribution in [1.29, 1.82) is 0 Å². The van der Waals surface area contributed by atoms with Crippen molar-refractivity contribution < 1.29 is 0 Å². The Morgan fingerprint density at radius 3 is 2.43 bits per heavy atom. The number of benzene rings is 1. The van der Waals surface area contributed by atoms with Gasteiger partial charge in [-0.15, -0.1) is 0 Å². The Morgan fingerprint density at radius 2 is 1.81 bits per heavy atom. The van der Waals surface area contributed by atoms with Gasteiger partial charge in [-0.05, 0) is 30.9 Å². The van der Waals surface area contributed by atoms with Gasteiger partial charge in [-0.2, -0.15) is 0 Å². The van der Waals surface area contributed by atoms with E-state index >= 15 is 0 Å². The quantitative estimate of drug-likeness (QED) is 0.916. The Morgan fingerprint density at radius 1 is 1.14 bits per heavy atom. The minimum absolute atomic E-state index is 0.0197. The second-order valence-electron chi connectivity index (χ2n) is 6.03. The van der Waals surface area contributed by atoms with E-state index in [0.29, 0.717) is 11.5 Å². The molecule has 0 saturated heterocycles. The molecule has 1 aromatic carbocycles. The molecule has 0 saturated carbocycles. The van der Waals surface area contributed by atoms with E-state index in [2.05, 4.69) is 13.8 Å². The van der Waals surface area contributed by atoms with Gasteiger partial charge in [-0.25, -0.2) is 0 Å². The summed E-state index contributed by atoms with van der Waals surface area (Å²) in [5.74, 6) is 0.575. The van der Waals surface area contributed by atoms with Crippen molar-refractivity contribution in [2.45, 2.75) is 39.8 Å². The average Bonchev–Trinajstić information content (AvgIpc) is 2.46. The van der Waals surface area contributed by atoms with Gasteiger partial charge in [0.25, 0.3) is 5.56 Å². The fourth-order valence-electron chi connectivity index (χ4n) is 2.32.